The number of benzene rings is 2. The molecule has 0 spiro atoms. The molecule has 0 aromatic heterocycles. The first-order valence-electron chi connectivity index (χ1n) is 7.72. The van der Waals surface area contributed by atoms with Gasteiger partial charge in [-0.2, -0.15) is 0 Å². The van der Waals surface area contributed by atoms with Crippen LogP contribution in [0.4, 0.5) is 5.69 Å². The van der Waals surface area contributed by atoms with E-state index in [1.54, 1.807) is 0 Å². The van der Waals surface area contributed by atoms with Gasteiger partial charge in [0.25, 0.3) is 0 Å². The molecule has 22 heavy (non-hydrogen) atoms. The Hall–Kier alpha value is -2.29. The second-order valence-electron chi connectivity index (χ2n) is 6.08. The topological polar surface area (TPSA) is 38.3 Å². The molecule has 0 radical (unpaired) electrons. The third kappa shape index (κ3) is 3.48. The number of carbonyl (C=O) groups excluding carboxylic acids is 1. The van der Waals surface area contributed by atoms with Crippen LogP contribution in [-0.2, 0) is 11.4 Å². The lowest BCUT2D eigenvalue weighted by molar-refractivity contribution is -0.117. The second kappa shape index (κ2) is 6.22. The minimum Gasteiger partial charge on any atom is -0.487 e. The fourth-order valence-electron chi connectivity index (χ4n) is 2.50. The summed E-state index contributed by atoms with van der Waals surface area (Å²) in [6, 6.07) is 15.9. The summed E-state index contributed by atoms with van der Waals surface area (Å²) < 4.78 is 5.92. The van der Waals surface area contributed by atoms with Gasteiger partial charge in [-0.05, 0) is 42.5 Å². The van der Waals surface area contributed by atoms with Crippen molar-refractivity contribution < 1.29 is 9.53 Å². The minimum atomic E-state index is 0.0981. The zero-order valence-electron chi connectivity index (χ0n) is 13.0. The Bertz CT molecular complexity index is 666. The van der Waals surface area contributed by atoms with Crippen LogP contribution in [0.25, 0.3) is 0 Å². The third-order valence-electron chi connectivity index (χ3n) is 4.08. The minimum absolute atomic E-state index is 0.0981. The highest BCUT2D eigenvalue weighted by molar-refractivity contribution is 5.95. The summed E-state index contributed by atoms with van der Waals surface area (Å²) in [6.07, 6.45) is 0.984. The number of ether oxygens (including phenoxy) is 1. The summed E-state index contributed by atoms with van der Waals surface area (Å²) >= 11 is 0. The Kier molecular flexibility index (Phi) is 4.14. The summed E-state index contributed by atoms with van der Waals surface area (Å²) in [5.74, 6) is 1.48. The summed E-state index contributed by atoms with van der Waals surface area (Å²) in [5, 5.41) is 3.00. The van der Waals surface area contributed by atoms with Crippen molar-refractivity contribution in [2.75, 3.05) is 5.32 Å². The standard InChI is InChI=1S/C19H21NO2/c1-13-8-9-17(20-19(21)16-11-14(16)2)18(10-13)22-12-15-6-4-3-5-7-15/h3-10,14,16H,11-12H2,1-2H3,(H,20,21)/t14-,16-/m0/s1. The number of hydrogen-bond acceptors (Lipinski definition) is 2. The first-order valence-corrected chi connectivity index (χ1v) is 7.72. The van der Waals surface area contributed by atoms with Gasteiger partial charge in [-0.1, -0.05) is 43.3 Å². The number of carbonyl (C=O) groups is 1. The van der Waals surface area contributed by atoms with Crippen molar-refractivity contribution in [2.24, 2.45) is 11.8 Å². The third-order valence-corrected chi connectivity index (χ3v) is 4.08. The van der Waals surface area contributed by atoms with E-state index in [9.17, 15) is 4.79 Å². The van der Waals surface area contributed by atoms with Crippen molar-refractivity contribution in [1.82, 2.24) is 0 Å². The van der Waals surface area contributed by atoms with E-state index in [0.717, 1.165) is 29.0 Å². The Morgan fingerprint density at radius 3 is 2.64 bits per heavy atom. The molecule has 0 bridgehead atoms. The second-order valence-corrected chi connectivity index (χ2v) is 6.08. The Morgan fingerprint density at radius 2 is 1.95 bits per heavy atom. The number of rotatable bonds is 5. The van der Waals surface area contributed by atoms with Gasteiger partial charge >= 0.3 is 0 Å². The van der Waals surface area contributed by atoms with Gasteiger partial charge in [0.15, 0.2) is 0 Å². The zero-order chi connectivity index (χ0) is 15.5. The van der Waals surface area contributed by atoms with Gasteiger partial charge in [0, 0.05) is 5.92 Å². The molecule has 2 aromatic carbocycles. The van der Waals surface area contributed by atoms with E-state index < -0.39 is 0 Å². The normalized spacial score (nSPS) is 19.5. The van der Waals surface area contributed by atoms with Crippen LogP contribution in [0.15, 0.2) is 48.5 Å². The monoisotopic (exact) mass is 295 g/mol. The van der Waals surface area contributed by atoms with Crippen LogP contribution in [0.3, 0.4) is 0 Å². The van der Waals surface area contributed by atoms with Crippen molar-refractivity contribution in [3.8, 4) is 5.75 Å². The predicted octanol–water partition coefficient (Wildman–Crippen LogP) is 4.17. The fraction of sp³-hybridized carbons (Fsp3) is 0.316. The molecule has 1 saturated carbocycles. The number of amides is 1. The van der Waals surface area contributed by atoms with E-state index in [1.807, 2.05) is 55.5 Å². The van der Waals surface area contributed by atoms with Crippen molar-refractivity contribution >= 4 is 11.6 Å². The Balaban J connectivity index is 1.71. The molecule has 1 aliphatic rings. The van der Waals surface area contributed by atoms with Crippen LogP contribution < -0.4 is 10.1 Å². The van der Waals surface area contributed by atoms with Gasteiger partial charge < -0.3 is 10.1 Å². The van der Waals surface area contributed by atoms with Crippen LogP contribution in [0, 0.1) is 18.8 Å². The summed E-state index contributed by atoms with van der Waals surface area (Å²) in [5.41, 5.74) is 2.98. The van der Waals surface area contributed by atoms with Crippen molar-refractivity contribution in [1.29, 1.82) is 0 Å². The predicted molar refractivity (Wildman–Crippen MR) is 87.9 cm³/mol. The maximum Gasteiger partial charge on any atom is 0.227 e. The lowest BCUT2D eigenvalue weighted by Crippen LogP contribution is -2.15. The maximum absolute atomic E-state index is 12.1. The Labute approximate surface area is 131 Å². The number of aryl methyl sites for hydroxylation is 1. The molecular weight excluding hydrogens is 274 g/mol. The van der Waals surface area contributed by atoms with Crippen molar-refractivity contribution in [3.05, 3.63) is 59.7 Å². The van der Waals surface area contributed by atoms with Gasteiger partial charge in [0.1, 0.15) is 12.4 Å². The summed E-state index contributed by atoms with van der Waals surface area (Å²) in [4.78, 5) is 12.1. The molecular formula is C19H21NO2. The van der Waals surface area contributed by atoms with Crippen molar-refractivity contribution in [2.45, 2.75) is 26.9 Å². The van der Waals surface area contributed by atoms with E-state index in [2.05, 4.69) is 12.2 Å². The molecule has 1 amide bonds. The van der Waals surface area contributed by atoms with Crippen LogP contribution >= 0.6 is 0 Å². The molecule has 0 unspecified atom stereocenters. The van der Waals surface area contributed by atoms with Crippen LogP contribution in [0.2, 0.25) is 0 Å². The lowest BCUT2D eigenvalue weighted by Gasteiger charge is -2.13. The SMILES string of the molecule is Cc1ccc(NC(=O)[C@H]2C[C@@H]2C)c(OCc2ccccc2)c1. The van der Waals surface area contributed by atoms with E-state index in [0.29, 0.717) is 12.5 Å². The summed E-state index contributed by atoms with van der Waals surface area (Å²) in [7, 11) is 0. The molecule has 1 N–H and O–H groups in total. The molecule has 2 atom stereocenters. The number of nitrogens with one attached hydrogen (secondary N) is 1. The fourth-order valence-corrected chi connectivity index (χ4v) is 2.50. The molecule has 2 aromatic rings. The molecule has 0 aliphatic heterocycles. The maximum atomic E-state index is 12.1. The quantitative estimate of drug-likeness (QED) is 0.899. The zero-order valence-corrected chi connectivity index (χ0v) is 13.0. The molecule has 3 heteroatoms. The molecule has 0 saturated heterocycles. The first kappa shape index (κ1) is 14.6. The molecule has 114 valence electrons. The number of hydrogen-bond donors (Lipinski definition) is 1. The molecule has 3 rings (SSSR count). The van der Waals surface area contributed by atoms with Gasteiger partial charge in [-0.3, -0.25) is 4.79 Å². The molecule has 0 heterocycles. The smallest absolute Gasteiger partial charge is 0.227 e. The van der Waals surface area contributed by atoms with Gasteiger partial charge in [-0.15, -0.1) is 0 Å². The largest absolute Gasteiger partial charge is 0.487 e. The van der Waals surface area contributed by atoms with E-state index in [4.69, 9.17) is 4.74 Å². The van der Waals surface area contributed by atoms with E-state index in [-0.39, 0.29) is 11.8 Å². The highest BCUT2D eigenvalue weighted by Crippen LogP contribution is 2.39. The molecule has 1 aliphatic carbocycles. The molecule has 3 nitrogen and oxygen atoms in total. The lowest BCUT2D eigenvalue weighted by atomic mass is 10.2. The highest BCUT2D eigenvalue weighted by Gasteiger charge is 2.39. The highest BCUT2D eigenvalue weighted by atomic mass is 16.5. The van der Waals surface area contributed by atoms with Gasteiger partial charge in [0.2, 0.25) is 5.91 Å². The molecule has 1 fully saturated rings. The van der Waals surface area contributed by atoms with Gasteiger partial charge in [0.05, 0.1) is 5.69 Å². The summed E-state index contributed by atoms with van der Waals surface area (Å²) in [6.45, 7) is 4.61. The van der Waals surface area contributed by atoms with Crippen LogP contribution in [-0.4, -0.2) is 5.91 Å². The van der Waals surface area contributed by atoms with E-state index >= 15 is 0 Å². The van der Waals surface area contributed by atoms with Crippen molar-refractivity contribution in [3.63, 3.8) is 0 Å². The van der Waals surface area contributed by atoms with Crippen LogP contribution in [0.1, 0.15) is 24.5 Å². The number of anilines is 1. The Morgan fingerprint density at radius 1 is 1.23 bits per heavy atom. The first-order chi connectivity index (χ1) is 10.6. The average Bonchev–Trinajstić information content (AvgIpc) is 3.25. The van der Waals surface area contributed by atoms with E-state index in [1.165, 1.54) is 0 Å². The average molecular weight is 295 g/mol. The van der Waals surface area contributed by atoms with Gasteiger partial charge in [-0.25, -0.2) is 0 Å². The van der Waals surface area contributed by atoms with Crippen LogP contribution in [0.5, 0.6) is 5.75 Å².